The van der Waals surface area contributed by atoms with Crippen molar-refractivity contribution in [1.82, 2.24) is 15.0 Å². The van der Waals surface area contributed by atoms with E-state index in [-0.39, 0.29) is 0 Å². The summed E-state index contributed by atoms with van der Waals surface area (Å²) in [5, 5.41) is 0. The average Bonchev–Trinajstić information content (AvgIpc) is 3.02. The van der Waals surface area contributed by atoms with Crippen molar-refractivity contribution in [3.05, 3.63) is 55.0 Å². The number of nitrogen functional groups attached to an aromatic ring is 1. The van der Waals surface area contributed by atoms with E-state index in [2.05, 4.69) is 15.0 Å². The first-order chi connectivity index (χ1) is 9.74. The van der Waals surface area contributed by atoms with E-state index in [1.807, 2.05) is 66.9 Å². The van der Waals surface area contributed by atoms with Gasteiger partial charge in [-0.3, -0.25) is 0 Å². The molecule has 0 aliphatic heterocycles. The molecule has 0 saturated heterocycles. The van der Waals surface area contributed by atoms with Crippen LogP contribution in [0.4, 0.5) is 17.3 Å². The normalized spacial score (nSPS) is 10.4. The fourth-order valence-corrected chi connectivity index (χ4v) is 1.96. The summed E-state index contributed by atoms with van der Waals surface area (Å²) in [7, 11) is 1.93. The maximum absolute atomic E-state index is 5.69. The quantitative estimate of drug-likeness (QED) is 0.714. The van der Waals surface area contributed by atoms with Crippen molar-refractivity contribution in [3.8, 4) is 11.3 Å². The number of aromatic amines is 1. The van der Waals surface area contributed by atoms with Crippen LogP contribution in [0, 0.1) is 0 Å². The SMILES string of the molecule is CN(c1ccc(N)cc1)c1ncc(-c2ccc[nH]2)cn1. The molecule has 0 unspecified atom stereocenters. The van der Waals surface area contributed by atoms with E-state index in [9.17, 15) is 0 Å². The van der Waals surface area contributed by atoms with Crippen molar-refractivity contribution in [2.75, 3.05) is 17.7 Å². The van der Waals surface area contributed by atoms with Crippen LogP contribution in [0.25, 0.3) is 11.3 Å². The maximum atomic E-state index is 5.69. The van der Waals surface area contributed by atoms with E-state index in [4.69, 9.17) is 5.73 Å². The number of anilines is 3. The molecule has 0 spiro atoms. The molecule has 0 aliphatic rings. The minimum Gasteiger partial charge on any atom is -0.399 e. The molecule has 0 atom stereocenters. The van der Waals surface area contributed by atoms with Crippen LogP contribution in [-0.4, -0.2) is 22.0 Å². The summed E-state index contributed by atoms with van der Waals surface area (Å²) in [6.07, 6.45) is 5.49. The van der Waals surface area contributed by atoms with Crippen LogP contribution in [-0.2, 0) is 0 Å². The zero-order chi connectivity index (χ0) is 13.9. The lowest BCUT2D eigenvalue weighted by Gasteiger charge is -2.17. The summed E-state index contributed by atoms with van der Waals surface area (Å²) in [6, 6.07) is 11.5. The number of H-pyrrole nitrogens is 1. The van der Waals surface area contributed by atoms with Crippen LogP contribution in [0.5, 0.6) is 0 Å². The molecule has 0 amide bonds. The molecule has 0 bridgehead atoms. The zero-order valence-corrected chi connectivity index (χ0v) is 11.1. The molecule has 5 heteroatoms. The molecule has 3 N–H and O–H groups in total. The Balaban J connectivity index is 1.85. The average molecular weight is 265 g/mol. The fraction of sp³-hybridized carbons (Fsp3) is 0.0667. The Kier molecular flexibility index (Phi) is 3.09. The summed E-state index contributed by atoms with van der Waals surface area (Å²) in [4.78, 5) is 13.8. The number of nitrogens with zero attached hydrogens (tertiary/aromatic N) is 3. The van der Waals surface area contributed by atoms with Crippen molar-refractivity contribution >= 4 is 17.3 Å². The molecule has 0 radical (unpaired) electrons. The highest BCUT2D eigenvalue weighted by molar-refractivity contribution is 5.62. The molecule has 5 nitrogen and oxygen atoms in total. The fourth-order valence-electron chi connectivity index (χ4n) is 1.96. The number of hydrogen-bond acceptors (Lipinski definition) is 4. The van der Waals surface area contributed by atoms with Gasteiger partial charge in [0.05, 0.1) is 0 Å². The molecular formula is C15H15N5. The summed E-state index contributed by atoms with van der Waals surface area (Å²) in [6.45, 7) is 0. The van der Waals surface area contributed by atoms with Crippen LogP contribution in [0.15, 0.2) is 55.0 Å². The highest BCUT2D eigenvalue weighted by Gasteiger charge is 2.07. The lowest BCUT2D eigenvalue weighted by molar-refractivity contribution is 1.04. The van der Waals surface area contributed by atoms with E-state index in [0.29, 0.717) is 5.95 Å². The first kappa shape index (κ1) is 12.2. The summed E-state index contributed by atoms with van der Waals surface area (Å²) in [5.41, 5.74) is 9.39. The predicted octanol–water partition coefficient (Wildman–Crippen LogP) is 2.82. The number of benzene rings is 1. The third kappa shape index (κ3) is 2.33. The Morgan fingerprint density at radius 1 is 1.05 bits per heavy atom. The minimum atomic E-state index is 0.644. The van der Waals surface area contributed by atoms with Crippen molar-refractivity contribution in [2.24, 2.45) is 0 Å². The van der Waals surface area contributed by atoms with Crippen LogP contribution >= 0.6 is 0 Å². The van der Waals surface area contributed by atoms with E-state index < -0.39 is 0 Å². The second kappa shape index (κ2) is 5.05. The van der Waals surface area contributed by atoms with Crippen molar-refractivity contribution in [2.45, 2.75) is 0 Å². The van der Waals surface area contributed by atoms with Gasteiger partial charge in [0.2, 0.25) is 5.95 Å². The number of nitrogens with two attached hydrogens (primary N) is 1. The van der Waals surface area contributed by atoms with Gasteiger partial charge in [-0.25, -0.2) is 9.97 Å². The van der Waals surface area contributed by atoms with Gasteiger partial charge < -0.3 is 15.6 Å². The number of nitrogens with one attached hydrogen (secondary N) is 1. The number of aromatic nitrogens is 3. The van der Waals surface area contributed by atoms with Crippen LogP contribution in [0.3, 0.4) is 0 Å². The van der Waals surface area contributed by atoms with Crippen molar-refractivity contribution in [1.29, 1.82) is 0 Å². The predicted molar refractivity (Wildman–Crippen MR) is 80.7 cm³/mol. The molecule has 100 valence electrons. The lowest BCUT2D eigenvalue weighted by atomic mass is 10.2. The van der Waals surface area contributed by atoms with Crippen LogP contribution < -0.4 is 10.6 Å². The molecule has 20 heavy (non-hydrogen) atoms. The first-order valence-corrected chi connectivity index (χ1v) is 6.29. The van der Waals surface area contributed by atoms with Crippen molar-refractivity contribution in [3.63, 3.8) is 0 Å². The van der Waals surface area contributed by atoms with E-state index in [1.165, 1.54) is 0 Å². The Morgan fingerprint density at radius 2 is 1.75 bits per heavy atom. The highest BCUT2D eigenvalue weighted by atomic mass is 15.2. The van der Waals surface area contributed by atoms with Gasteiger partial charge in [0.25, 0.3) is 0 Å². The largest absolute Gasteiger partial charge is 0.399 e. The molecular weight excluding hydrogens is 250 g/mol. The third-order valence-electron chi connectivity index (χ3n) is 3.13. The standard InChI is InChI=1S/C15H15N5/c1-20(13-6-4-12(16)5-7-13)15-18-9-11(10-19-15)14-3-2-8-17-14/h2-10,17H,16H2,1H3. The summed E-state index contributed by atoms with van der Waals surface area (Å²) < 4.78 is 0. The Bertz CT molecular complexity index is 671. The van der Waals surface area contributed by atoms with E-state index in [1.54, 1.807) is 0 Å². The molecule has 0 fully saturated rings. The van der Waals surface area contributed by atoms with E-state index >= 15 is 0 Å². The molecule has 0 saturated carbocycles. The molecule has 2 heterocycles. The minimum absolute atomic E-state index is 0.644. The number of hydrogen-bond donors (Lipinski definition) is 2. The van der Waals surface area contributed by atoms with Gasteiger partial charge >= 0.3 is 0 Å². The lowest BCUT2D eigenvalue weighted by Crippen LogP contribution is -2.12. The Morgan fingerprint density at radius 3 is 2.35 bits per heavy atom. The van der Waals surface area contributed by atoms with Gasteiger partial charge in [-0.2, -0.15) is 0 Å². The highest BCUT2D eigenvalue weighted by Crippen LogP contribution is 2.22. The van der Waals surface area contributed by atoms with Gasteiger partial charge in [-0.15, -0.1) is 0 Å². The van der Waals surface area contributed by atoms with Gasteiger partial charge in [-0.05, 0) is 36.4 Å². The number of rotatable bonds is 3. The molecule has 2 aromatic heterocycles. The van der Waals surface area contributed by atoms with Crippen molar-refractivity contribution < 1.29 is 0 Å². The molecule has 3 aromatic rings. The second-order valence-electron chi connectivity index (χ2n) is 4.51. The van der Waals surface area contributed by atoms with E-state index in [0.717, 1.165) is 22.6 Å². The monoisotopic (exact) mass is 265 g/mol. The molecule has 3 rings (SSSR count). The zero-order valence-electron chi connectivity index (χ0n) is 11.1. The van der Waals surface area contributed by atoms with Gasteiger partial charge in [0.1, 0.15) is 0 Å². The molecule has 0 aliphatic carbocycles. The smallest absolute Gasteiger partial charge is 0.229 e. The van der Waals surface area contributed by atoms with Gasteiger partial charge in [0, 0.05) is 48.3 Å². The second-order valence-corrected chi connectivity index (χ2v) is 4.51. The first-order valence-electron chi connectivity index (χ1n) is 6.29. The van der Waals surface area contributed by atoms with Gasteiger partial charge in [0.15, 0.2) is 0 Å². The summed E-state index contributed by atoms with van der Waals surface area (Å²) >= 11 is 0. The Hall–Kier alpha value is -2.82. The Labute approximate surface area is 117 Å². The topological polar surface area (TPSA) is 70.8 Å². The van der Waals surface area contributed by atoms with Gasteiger partial charge in [-0.1, -0.05) is 0 Å². The molecule has 1 aromatic carbocycles. The third-order valence-corrected chi connectivity index (χ3v) is 3.13. The van der Waals surface area contributed by atoms with Crippen LogP contribution in [0.2, 0.25) is 0 Å². The van der Waals surface area contributed by atoms with Crippen LogP contribution in [0.1, 0.15) is 0 Å². The maximum Gasteiger partial charge on any atom is 0.229 e. The summed E-state index contributed by atoms with van der Waals surface area (Å²) in [5.74, 6) is 0.644.